The first-order chi connectivity index (χ1) is 8.72. The van der Waals surface area contributed by atoms with Gasteiger partial charge in [0.1, 0.15) is 0 Å². The fourth-order valence-corrected chi connectivity index (χ4v) is 1.59. The SMILES string of the molecule is CN=C(NCCCn1ccnc1)NCCC(C)C. The molecule has 0 saturated heterocycles. The lowest BCUT2D eigenvalue weighted by atomic mass is 10.1. The minimum Gasteiger partial charge on any atom is -0.356 e. The van der Waals surface area contributed by atoms with E-state index in [4.69, 9.17) is 0 Å². The van der Waals surface area contributed by atoms with Crippen LogP contribution >= 0.6 is 0 Å². The van der Waals surface area contributed by atoms with Crippen LogP contribution in [0.4, 0.5) is 0 Å². The Morgan fingerprint density at radius 1 is 1.33 bits per heavy atom. The molecule has 0 saturated carbocycles. The third-order valence-electron chi connectivity index (χ3n) is 2.68. The van der Waals surface area contributed by atoms with Gasteiger partial charge in [-0.2, -0.15) is 0 Å². The molecule has 0 bridgehead atoms. The molecule has 1 heterocycles. The van der Waals surface area contributed by atoms with Crippen LogP contribution in [-0.4, -0.2) is 35.6 Å². The molecule has 0 radical (unpaired) electrons. The number of nitrogens with zero attached hydrogens (tertiary/aromatic N) is 3. The predicted octanol–water partition coefficient (Wildman–Crippen LogP) is 1.48. The van der Waals surface area contributed by atoms with Gasteiger partial charge in [-0.3, -0.25) is 4.99 Å². The van der Waals surface area contributed by atoms with Crippen molar-refractivity contribution in [2.45, 2.75) is 33.2 Å². The second-order valence-electron chi connectivity index (χ2n) is 4.76. The molecule has 5 nitrogen and oxygen atoms in total. The molecule has 5 heteroatoms. The zero-order valence-electron chi connectivity index (χ0n) is 11.7. The molecule has 1 aromatic heterocycles. The number of hydrogen-bond acceptors (Lipinski definition) is 2. The molecule has 0 aliphatic carbocycles. The summed E-state index contributed by atoms with van der Waals surface area (Å²) in [6.45, 7) is 7.32. The quantitative estimate of drug-likeness (QED) is 0.438. The van der Waals surface area contributed by atoms with E-state index in [1.807, 2.05) is 12.5 Å². The molecule has 102 valence electrons. The summed E-state index contributed by atoms with van der Waals surface area (Å²) in [6.07, 6.45) is 7.85. The molecule has 0 aliphatic rings. The van der Waals surface area contributed by atoms with Gasteiger partial charge in [-0.25, -0.2) is 4.98 Å². The van der Waals surface area contributed by atoms with Gasteiger partial charge in [0.15, 0.2) is 5.96 Å². The maximum absolute atomic E-state index is 4.19. The zero-order chi connectivity index (χ0) is 13.2. The van der Waals surface area contributed by atoms with Gasteiger partial charge in [0.2, 0.25) is 0 Å². The molecule has 0 atom stereocenters. The van der Waals surface area contributed by atoms with Crippen LogP contribution in [0, 0.1) is 5.92 Å². The maximum Gasteiger partial charge on any atom is 0.190 e. The first-order valence-corrected chi connectivity index (χ1v) is 6.62. The standard InChI is InChI=1S/C13H25N5/c1-12(2)5-7-17-13(14-3)16-6-4-9-18-10-8-15-11-18/h8,10-12H,4-7,9H2,1-3H3,(H2,14,16,17). The number of aryl methyl sites for hydroxylation is 1. The average molecular weight is 251 g/mol. The van der Waals surface area contributed by atoms with Gasteiger partial charge in [-0.1, -0.05) is 13.8 Å². The molecule has 0 spiro atoms. The van der Waals surface area contributed by atoms with Crippen molar-refractivity contribution in [2.75, 3.05) is 20.1 Å². The lowest BCUT2D eigenvalue weighted by Gasteiger charge is -2.12. The van der Waals surface area contributed by atoms with Crippen molar-refractivity contribution in [1.29, 1.82) is 0 Å². The van der Waals surface area contributed by atoms with Gasteiger partial charge in [0.25, 0.3) is 0 Å². The molecule has 0 unspecified atom stereocenters. The van der Waals surface area contributed by atoms with Crippen LogP contribution in [0.5, 0.6) is 0 Å². The van der Waals surface area contributed by atoms with Gasteiger partial charge < -0.3 is 15.2 Å². The number of aliphatic imine (C=N–C) groups is 1. The highest BCUT2D eigenvalue weighted by Gasteiger charge is 1.98. The van der Waals surface area contributed by atoms with E-state index in [9.17, 15) is 0 Å². The van der Waals surface area contributed by atoms with E-state index in [0.717, 1.165) is 44.4 Å². The van der Waals surface area contributed by atoms with Crippen molar-refractivity contribution in [3.63, 3.8) is 0 Å². The van der Waals surface area contributed by atoms with E-state index in [1.165, 1.54) is 0 Å². The van der Waals surface area contributed by atoms with Crippen molar-refractivity contribution in [3.05, 3.63) is 18.7 Å². The van der Waals surface area contributed by atoms with Crippen LogP contribution in [0.25, 0.3) is 0 Å². The van der Waals surface area contributed by atoms with Gasteiger partial charge in [-0.15, -0.1) is 0 Å². The summed E-state index contributed by atoms with van der Waals surface area (Å²) in [5.41, 5.74) is 0. The third-order valence-corrected chi connectivity index (χ3v) is 2.68. The fourth-order valence-electron chi connectivity index (χ4n) is 1.59. The van der Waals surface area contributed by atoms with Gasteiger partial charge in [0.05, 0.1) is 6.33 Å². The van der Waals surface area contributed by atoms with E-state index in [1.54, 1.807) is 13.2 Å². The molecular formula is C13H25N5. The molecule has 18 heavy (non-hydrogen) atoms. The summed E-state index contributed by atoms with van der Waals surface area (Å²) in [4.78, 5) is 8.21. The lowest BCUT2D eigenvalue weighted by Crippen LogP contribution is -2.38. The van der Waals surface area contributed by atoms with Crippen molar-refractivity contribution in [1.82, 2.24) is 20.2 Å². The average Bonchev–Trinajstić information content (AvgIpc) is 2.84. The largest absolute Gasteiger partial charge is 0.356 e. The van der Waals surface area contributed by atoms with Crippen molar-refractivity contribution in [2.24, 2.45) is 10.9 Å². The van der Waals surface area contributed by atoms with Crippen molar-refractivity contribution in [3.8, 4) is 0 Å². The Bertz CT molecular complexity index is 329. The first kappa shape index (κ1) is 14.5. The van der Waals surface area contributed by atoms with Crippen LogP contribution < -0.4 is 10.6 Å². The Morgan fingerprint density at radius 2 is 2.11 bits per heavy atom. The molecule has 0 amide bonds. The zero-order valence-corrected chi connectivity index (χ0v) is 11.7. The lowest BCUT2D eigenvalue weighted by molar-refractivity contribution is 0.570. The summed E-state index contributed by atoms with van der Waals surface area (Å²) in [6, 6.07) is 0. The third kappa shape index (κ3) is 6.27. The first-order valence-electron chi connectivity index (χ1n) is 6.62. The van der Waals surface area contributed by atoms with E-state index in [2.05, 4.69) is 39.0 Å². The predicted molar refractivity (Wildman–Crippen MR) is 75.7 cm³/mol. The van der Waals surface area contributed by atoms with E-state index in [0.29, 0.717) is 0 Å². The van der Waals surface area contributed by atoms with Gasteiger partial charge in [-0.05, 0) is 18.8 Å². The highest BCUT2D eigenvalue weighted by atomic mass is 15.2. The van der Waals surface area contributed by atoms with Crippen LogP contribution in [-0.2, 0) is 6.54 Å². The minimum absolute atomic E-state index is 0.719. The number of nitrogens with one attached hydrogen (secondary N) is 2. The molecule has 1 rings (SSSR count). The summed E-state index contributed by atoms with van der Waals surface area (Å²) < 4.78 is 2.08. The summed E-state index contributed by atoms with van der Waals surface area (Å²) in [5.74, 6) is 1.61. The van der Waals surface area contributed by atoms with Gasteiger partial charge >= 0.3 is 0 Å². The second-order valence-corrected chi connectivity index (χ2v) is 4.76. The number of guanidine groups is 1. The van der Waals surface area contributed by atoms with Crippen LogP contribution in [0.3, 0.4) is 0 Å². The Labute approximate surface area is 110 Å². The Hall–Kier alpha value is -1.52. The summed E-state index contributed by atoms with van der Waals surface area (Å²) >= 11 is 0. The smallest absolute Gasteiger partial charge is 0.190 e. The van der Waals surface area contributed by atoms with Crippen LogP contribution in [0.1, 0.15) is 26.7 Å². The van der Waals surface area contributed by atoms with Crippen molar-refractivity contribution < 1.29 is 0 Å². The Morgan fingerprint density at radius 3 is 2.72 bits per heavy atom. The normalized spacial score (nSPS) is 11.9. The van der Waals surface area contributed by atoms with Crippen LogP contribution in [0.2, 0.25) is 0 Å². The summed E-state index contributed by atoms with van der Waals surface area (Å²) in [7, 11) is 1.81. The highest BCUT2D eigenvalue weighted by Crippen LogP contribution is 1.96. The molecular weight excluding hydrogens is 226 g/mol. The molecule has 1 aromatic rings. The topological polar surface area (TPSA) is 54.2 Å². The monoisotopic (exact) mass is 251 g/mol. The summed E-state index contributed by atoms with van der Waals surface area (Å²) in [5, 5.41) is 6.62. The molecule has 0 aliphatic heterocycles. The number of rotatable bonds is 7. The number of hydrogen-bond donors (Lipinski definition) is 2. The highest BCUT2D eigenvalue weighted by molar-refractivity contribution is 5.79. The van der Waals surface area contributed by atoms with Crippen molar-refractivity contribution >= 4 is 5.96 Å². The molecule has 0 fully saturated rings. The molecule has 0 aromatic carbocycles. The van der Waals surface area contributed by atoms with E-state index in [-0.39, 0.29) is 0 Å². The Balaban J connectivity index is 2.08. The molecule has 2 N–H and O–H groups in total. The maximum atomic E-state index is 4.19. The van der Waals surface area contributed by atoms with E-state index >= 15 is 0 Å². The number of imidazole rings is 1. The fraction of sp³-hybridized carbons (Fsp3) is 0.692. The van der Waals surface area contributed by atoms with E-state index < -0.39 is 0 Å². The Kier molecular flexibility index (Phi) is 6.91. The minimum atomic E-state index is 0.719. The second kappa shape index (κ2) is 8.55. The number of aromatic nitrogens is 2. The van der Waals surface area contributed by atoms with Gasteiger partial charge in [0, 0.05) is 39.1 Å². The van der Waals surface area contributed by atoms with Crippen LogP contribution in [0.15, 0.2) is 23.7 Å².